The minimum atomic E-state index is -0.655. The van der Waals surface area contributed by atoms with Crippen molar-refractivity contribution in [2.45, 2.75) is 90.4 Å². The van der Waals surface area contributed by atoms with Crippen molar-refractivity contribution in [2.75, 3.05) is 0 Å². The van der Waals surface area contributed by atoms with Gasteiger partial charge < -0.3 is 7.96 Å². The van der Waals surface area contributed by atoms with Gasteiger partial charge in [0.25, 0.3) is 0 Å². The molecule has 0 heterocycles. The van der Waals surface area contributed by atoms with Crippen LogP contribution in [0.2, 0.25) is 0 Å². The Labute approximate surface area is 156 Å². The standard InChI is InChI=1S/C15H30O2.Ba.2H/c1-2-3-4-5-6-7-8-9-10-11-12-13-14-15(16)17;;;/h2-14H2,1H3,(H,16,17);;;/q;+2;2*-1. The van der Waals surface area contributed by atoms with Gasteiger partial charge in [-0.2, -0.15) is 0 Å². The van der Waals surface area contributed by atoms with Crippen LogP contribution in [0.5, 0.6) is 0 Å². The third-order valence-electron chi connectivity index (χ3n) is 3.24. The summed E-state index contributed by atoms with van der Waals surface area (Å²) < 4.78 is 0. The fraction of sp³-hybridized carbons (Fsp3) is 0.933. The summed E-state index contributed by atoms with van der Waals surface area (Å²) in [6, 6.07) is 0. The fourth-order valence-corrected chi connectivity index (χ4v) is 2.12. The number of carboxylic acids is 1. The predicted molar refractivity (Wildman–Crippen MR) is 81.3 cm³/mol. The van der Waals surface area contributed by atoms with Crippen LogP contribution in [0.15, 0.2) is 0 Å². The molecule has 0 aromatic heterocycles. The van der Waals surface area contributed by atoms with Crippen molar-refractivity contribution in [3.05, 3.63) is 0 Å². The van der Waals surface area contributed by atoms with Crippen molar-refractivity contribution in [3.8, 4) is 0 Å². The van der Waals surface area contributed by atoms with Gasteiger partial charge in [0, 0.05) is 6.42 Å². The summed E-state index contributed by atoms with van der Waals surface area (Å²) >= 11 is 0. The van der Waals surface area contributed by atoms with Crippen molar-refractivity contribution in [1.82, 2.24) is 0 Å². The zero-order chi connectivity index (χ0) is 12.8. The second kappa shape index (κ2) is 18.0. The van der Waals surface area contributed by atoms with Crippen molar-refractivity contribution in [2.24, 2.45) is 0 Å². The van der Waals surface area contributed by atoms with Gasteiger partial charge in [-0.05, 0) is 6.42 Å². The van der Waals surface area contributed by atoms with E-state index >= 15 is 0 Å². The first-order valence-corrected chi connectivity index (χ1v) is 7.49. The summed E-state index contributed by atoms with van der Waals surface area (Å²) in [7, 11) is 0. The van der Waals surface area contributed by atoms with Crippen molar-refractivity contribution in [1.29, 1.82) is 0 Å². The quantitative estimate of drug-likeness (QED) is 0.360. The van der Waals surface area contributed by atoms with Crippen LogP contribution in [0.4, 0.5) is 0 Å². The van der Waals surface area contributed by atoms with Crippen LogP contribution < -0.4 is 0 Å². The van der Waals surface area contributed by atoms with Gasteiger partial charge in [-0.1, -0.05) is 77.6 Å². The number of aliphatic carboxylic acids is 1. The Kier molecular flexibility index (Phi) is 21.4. The van der Waals surface area contributed by atoms with E-state index in [1.807, 2.05) is 0 Å². The minimum absolute atomic E-state index is 0. The summed E-state index contributed by atoms with van der Waals surface area (Å²) in [6.45, 7) is 2.25. The zero-order valence-corrected chi connectivity index (χ0v) is 16.7. The van der Waals surface area contributed by atoms with E-state index in [0.29, 0.717) is 6.42 Å². The molecule has 0 spiro atoms. The van der Waals surface area contributed by atoms with Gasteiger partial charge in [0.15, 0.2) is 0 Å². The Morgan fingerprint density at radius 3 is 1.44 bits per heavy atom. The molecular formula is C15H32BaO2. The Morgan fingerprint density at radius 1 is 0.778 bits per heavy atom. The van der Waals surface area contributed by atoms with Gasteiger partial charge in [-0.3, -0.25) is 4.79 Å². The van der Waals surface area contributed by atoms with E-state index in [1.165, 1.54) is 64.2 Å². The molecule has 0 aliphatic carbocycles. The predicted octanol–water partition coefficient (Wildman–Crippen LogP) is 5.01. The fourth-order valence-electron chi connectivity index (χ4n) is 2.12. The molecule has 0 aliphatic heterocycles. The second-order valence-corrected chi connectivity index (χ2v) is 5.03. The van der Waals surface area contributed by atoms with E-state index in [4.69, 9.17) is 5.11 Å². The molecule has 0 radical (unpaired) electrons. The number of rotatable bonds is 13. The van der Waals surface area contributed by atoms with Crippen LogP contribution in [0.1, 0.15) is 93.2 Å². The van der Waals surface area contributed by atoms with E-state index < -0.39 is 5.97 Å². The normalized spacial score (nSPS) is 10.1. The first-order chi connectivity index (χ1) is 8.27. The Balaban J connectivity index is -0.000000427. The number of hydrogen-bond donors (Lipinski definition) is 1. The topological polar surface area (TPSA) is 37.3 Å². The summed E-state index contributed by atoms with van der Waals surface area (Å²) in [4.78, 5) is 10.3. The molecule has 0 fully saturated rings. The summed E-state index contributed by atoms with van der Waals surface area (Å²) in [5, 5.41) is 8.47. The molecule has 0 aliphatic rings. The van der Waals surface area contributed by atoms with Gasteiger partial charge in [0.1, 0.15) is 0 Å². The molecule has 106 valence electrons. The van der Waals surface area contributed by atoms with Crippen molar-refractivity contribution >= 4 is 54.9 Å². The molecule has 0 aromatic rings. The molecule has 0 atom stereocenters. The van der Waals surface area contributed by atoms with Crippen LogP contribution in [0, 0.1) is 0 Å². The first-order valence-electron chi connectivity index (χ1n) is 7.49. The molecule has 3 heteroatoms. The van der Waals surface area contributed by atoms with Crippen LogP contribution in [-0.2, 0) is 4.79 Å². The Morgan fingerprint density at radius 2 is 1.11 bits per heavy atom. The van der Waals surface area contributed by atoms with Gasteiger partial charge in [-0.15, -0.1) is 0 Å². The van der Waals surface area contributed by atoms with E-state index in [2.05, 4.69) is 6.92 Å². The molecule has 0 saturated carbocycles. The Hall–Kier alpha value is 1.04. The molecule has 2 nitrogen and oxygen atoms in total. The number of carbonyl (C=O) groups is 1. The SMILES string of the molecule is CCCCCCCCCCCCCCC(=O)O.[Ba+2].[H-].[H-]. The second-order valence-electron chi connectivity index (χ2n) is 5.03. The largest absolute Gasteiger partial charge is 2.00 e. The third-order valence-corrected chi connectivity index (χ3v) is 3.24. The third kappa shape index (κ3) is 19.4. The van der Waals surface area contributed by atoms with E-state index in [-0.39, 0.29) is 51.7 Å². The Bertz CT molecular complexity index is 181. The number of carboxylic acid groups (broad SMARTS) is 1. The summed E-state index contributed by atoms with van der Waals surface area (Å²) in [5.74, 6) is -0.655. The molecule has 1 N–H and O–H groups in total. The number of hydrogen-bond acceptors (Lipinski definition) is 1. The van der Waals surface area contributed by atoms with E-state index in [1.54, 1.807) is 0 Å². The van der Waals surface area contributed by atoms with E-state index in [9.17, 15) is 4.79 Å². The maximum atomic E-state index is 10.3. The molecule has 18 heavy (non-hydrogen) atoms. The van der Waals surface area contributed by atoms with E-state index in [0.717, 1.165) is 12.8 Å². The maximum Gasteiger partial charge on any atom is 2.00 e. The minimum Gasteiger partial charge on any atom is -1.00 e. The van der Waals surface area contributed by atoms with Crippen LogP contribution >= 0.6 is 0 Å². The monoisotopic (exact) mass is 382 g/mol. The molecular weight excluding hydrogens is 349 g/mol. The smallest absolute Gasteiger partial charge is 1.00 e. The molecule has 0 unspecified atom stereocenters. The molecule has 0 rings (SSSR count). The van der Waals surface area contributed by atoms with Crippen LogP contribution in [0.3, 0.4) is 0 Å². The average molecular weight is 382 g/mol. The average Bonchev–Trinajstić information content (AvgIpc) is 2.30. The van der Waals surface area contributed by atoms with Gasteiger partial charge in [0.05, 0.1) is 0 Å². The summed E-state index contributed by atoms with van der Waals surface area (Å²) in [5.41, 5.74) is 0. The number of unbranched alkanes of at least 4 members (excludes halogenated alkanes) is 11. The van der Waals surface area contributed by atoms with Gasteiger partial charge in [-0.25, -0.2) is 0 Å². The van der Waals surface area contributed by atoms with Gasteiger partial charge >= 0.3 is 54.9 Å². The molecule has 0 saturated heterocycles. The first kappa shape index (κ1) is 21.3. The summed E-state index contributed by atoms with van der Waals surface area (Å²) in [6.07, 6.45) is 15.8. The molecule has 0 amide bonds. The maximum absolute atomic E-state index is 10.3. The van der Waals surface area contributed by atoms with Gasteiger partial charge in [0.2, 0.25) is 0 Å². The van der Waals surface area contributed by atoms with Crippen molar-refractivity contribution in [3.63, 3.8) is 0 Å². The molecule has 0 aromatic carbocycles. The van der Waals surface area contributed by atoms with Crippen molar-refractivity contribution < 1.29 is 12.8 Å². The van der Waals surface area contributed by atoms with Crippen LogP contribution in [-0.4, -0.2) is 60.0 Å². The molecule has 0 bridgehead atoms. The van der Waals surface area contributed by atoms with Crippen LogP contribution in [0.25, 0.3) is 0 Å². The zero-order valence-electron chi connectivity index (χ0n) is 14.3.